The van der Waals surface area contributed by atoms with Crippen LogP contribution in [-0.2, 0) is 35.6 Å². The molecular weight excluding hydrogens is 843 g/mol. The van der Waals surface area contributed by atoms with Crippen molar-refractivity contribution in [3.05, 3.63) is 124 Å². The summed E-state index contributed by atoms with van der Waals surface area (Å²) in [6, 6.07) is 25.9. The molecule has 66 heavy (non-hydrogen) atoms. The molecule has 5 aromatic carbocycles. The first-order chi connectivity index (χ1) is 31.8. The van der Waals surface area contributed by atoms with Crippen LogP contribution in [0, 0.1) is 5.92 Å². The molecule has 5 aromatic rings. The Bertz CT molecular complexity index is 2690. The molecule has 16 heteroatoms. The van der Waals surface area contributed by atoms with Crippen LogP contribution in [0.2, 0.25) is 0 Å². The molecule has 6 atom stereocenters. The number of nitrogens with zero attached hydrogens (tertiary/aromatic N) is 2. The average Bonchev–Trinajstić information content (AvgIpc) is 3.83. The molecule has 3 amide bonds. The maximum atomic E-state index is 14.1. The first-order valence-corrected chi connectivity index (χ1v) is 22.1. The monoisotopic (exact) mass is 897 g/mol. The molecule has 4 aliphatic heterocycles. The summed E-state index contributed by atoms with van der Waals surface area (Å²) < 4.78 is 24.4. The second-order valence-electron chi connectivity index (χ2n) is 17.6. The number of nitrogens with one attached hydrogen (secondary N) is 4. The third-order valence-electron chi connectivity index (χ3n) is 12.8. The summed E-state index contributed by atoms with van der Waals surface area (Å²) in [5.74, 6) is 0.331. The van der Waals surface area contributed by atoms with Gasteiger partial charge < -0.3 is 66.0 Å². The predicted molar refractivity (Wildman–Crippen MR) is 250 cm³/mol. The molecular formula is C50H55N7O9. The van der Waals surface area contributed by atoms with Gasteiger partial charge in [-0.05, 0) is 90.4 Å². The number of aliphatic hydroxyl groups is 2. The lowest BCUT2D eigenvalue weighted by Crippen LogP contribution is -2.50. The van der Waals surface area contributed by atoms with Gasteiger partial charge in [0.05, 0.1) is 43.6 Å². The van der Waals surface area contributed by atoms with Crippen molar-refractivity contribution < 1.29 is 43.5 Å². The van der Waals surface area contributed by atoms with Gasteiger partial charge in [-0.2, -0.15) is 0 Å². The maximum Gasteiger partial charge on any atom is 0.260 e. The van der Waals surface area contributed by atoms with Gasteiger partial charge in [-0.1, -0.05) is 50.2 Å². The summed E-state index contributed by atoms with van der Waals surface area (Å²) in [5.41, 5.74) is 13.8. The normalized spacial score (nSPS) is 19.8. The Kier molecular flexibility index (Phi) is 12.1. The molecule has 0 radical (unpaired) electrons. The predicted octanol–water partition coefficient (Wildman–Crippen LogP) is 5.45. The van der Waals surface area contributed by atoms with Crippen molar-refractivity contribution in [2.75, 3.05) is 46.5 Å². The molecule has 2 unspecified atom stereocenters. The number of methoxy groups -OCH3 is 2. The van der Waals surface area contributed by atoms with Crippen molar-refractivity contribution in [3.8, 4) is 23.0 Å². The Morgan fingerprint density at radius 1 is 0.788 bits per heavy atom. The zero-order valence-corrected chi connectivity index (χ0v) is 37.5. The fraction of sp³-hybridized carbons (Fsp3) is 0.340. The van der Waals surface area contributed by atoms with E-state index in [0.717, 1.165) is 28.9 Å². The Hall–Kier alpha value is -7.01. The van der Waals surface area contributed by atoms with E-state index in [9.17, 15) is 24.6 Å². The van der Waals surface area contributed by atoms with Crippen LogP contribution in [0.1, 0.15) is 65.2 Å². The molecule has 0 spiro atoms. The second-order valence-corrected chi connectivity index (χ2v) is 17.6. The standard InChI is InChI=1S/C50H55N7O9/c1-26(2)45(51)48(60)53-27(3)46(58)54-32-15-28(24-65-43-21-36-34(19-41(43)63-4)49(61)56-33(23-52-36)17-30-10-6-8-12-38(30)56)14-29(16-32)25-66-44-22-37-35(20-42(44)64-5)50(62)57-39-13-9-7-11-31(39)18-40(57)47(59)55-37/h6-16,19-22,26-27,33,40,45,47,50,52,55,59,62H,17-18,23-25,51H2,1-5H3,(H,53,60)(H,54,58)/t27-,33-,40-,45-,47?,50?/m0/s1. The molecule has 0 saturated carbocycles. The molecule has 0 saturated heterocycles. The van der Waals surface area contributed by atoms with E-state index in [1.54, 1.807) is 43.3 Å². The summed E-state index contributed by atoms with van der Waals surface area (Å²) in [6.07, 6.45) is -0.789. The van der Waals surface area contributed by atoms with E-state index in [1.807, 2.05) is 72.2 Å². The minimum Gasteiger partial charge on any atom is -0.493 e. The molecule has 9 rings (SSSR count). The lowest BCUT2D eigenvalue weighted by molar-refractivity contribution is -0.127. The number of anilines is 5. The number of benzene rings is 5. The van der Waals surface area contributed by atoms with Gasteiger partial charge in [0.2, 0.25) is 11.8 Å². The van der Waals surface area contributed by atoms with Crippen LogP contribution in [0.5, 0.6) is 23.0 Å². The van der Waals surface area contributed by atoms with E-state index >= 15 is 0 Å². The first kappa shape index (κ1) is 44.2. The minimum absolute atomic E-state index is 0.00359. The highest BCUT2D eigenvalue weighted by molar-refractivity contribution is 6.12. The Balaban J connectivity index is 0.979. The summed E-state index contributed by atoms with van der Waals surface area (Å²) in [5, 5.41) is 35.4. The number of para-hydroxylation sites is 2. The Morgan fingerprint density at radius 2 is 1.41 bits per heavy atom. The van der Waals surface area contributed by atoms with Crippen LogP contribution in [0.25, 0.3) is 0 Å². The zero-order chi connectivity index (χ0) is 46.4. The fourth-order valence-corrected chi connectivity index (χ4v) is 9.27. The summed E-state index contributed by atoms with van der Waals surface area (Å²) in [7, 11) is 3.03. The molecule has 16 nitrogen and oxygen atoms in total. The number of aliphatic hydroxyl groups excluding tert-OH is 2. The molecule has 4 heterocycles. The van der Waals surface area contributed by atoms with Crippen LogP contribution in [0.3, 0.4) is 0 Å². The molecule has 0 fully saturated rings. The lowest BCUT2D eigenvalue weighted by atomic mass is 10.0. The average molecular weight is 898 g/mol. The van der Waals surface area contributed by atoms with Gasteiger partial charge in [0.1, 0.15) is 25.5 Å². The van der Waals surface area contributed by atoms with Crippen molar-refractivity contribution in [1.82, 2.24) is 5.32 Å². The molecule has 8 N–H and O–H groups in total. The van der Waals surface area contributed by atoms with Gasteiger partial charge in [0.15, 0.2) is 29.2 Å². The van der Waals surface area contributed by atoms with Crippen molar-refractivity contribution in [3.63, 3.8) is 0 Å². The van der Waals surface area contributed by atoms with Crippen LogP contribution >= 0.6 is 0 Å². The molecule has 0 aliphatic carbocycles. The van der Waals surface area contributed by atoms with E-state index in [0.29, 0.717) is 75.3 Å². The van der Waals surface area contributed by atoms with E-state index in [2.05, 4.69) is 27.3 Å². The summed E-state index contributed by atoms with van der Waals surface area (Å²) in [4.78, 5) is 44.0. The maximum absolute atomic E-state index is 14.1. The second kappa shape index (κ2) is 18.1. The third kappa shape index (κ3) is 8.38. The zero-order valence-electron chi connectivity index (χ0n) is 37.5. The molecule has 344 valence electrons. The van der Waals surface area contributed by atoms with Crippen molar-refractivity contribution >= 4 is 46.2 Å². The highest BCUT2D eigenvalue weighted by Crippen LogP contribution is 2.46. The van der Waals surface area contributed by atoms with E-state index in [-0.39, 0.29) is 31.1 Å². The van der Waals surface area contributed by atoms with Crippen molar-refractivity contribution in [2.24, 2.45) is 11.7 Å². The summed E-state index contributed by atoms with van der Waals surface area (Å²) in [6.45, 7) is 5.82. The summed E-state index contributed by atoms with van der Waals surface area (Å²) >= 11 is 0. The van der Waals surface area contributed by atoms with Gasteiger partial charge in [0, 0.05) is 47.0 Å². The van der Waals surface area contributed by atoms with Crippen LogP contribution in [-0.4, -0.2) is 79.1 Å². The highest BCUT2D eigenvalue weighted by Gasteiger charge is 2.42. The van der Waals surface area contributed by atoms with Crippen LogP contribution in [0.4, 0.5) is 28.4 Å². The quantitative estimate of drug-likeness (QED) is 0.0786. The number of carbonyl (C=O) groups is 3. The third-order valence-corrected chi connectivity index (χ3v) is 12.8. The number of ether oxygens (including phenoxy) is 4. The van der Waals surface area contributed by atoms with E-state index < -0.39 is 42.4 Å². The molecule has 0 bridgehead atoms. The van der Waals surface area contributed by atoms with Gasteiger partial charge >= 0.3 is 0 Å². The number of nitrogens with two attached hydrogens (primary N) is 1. The number of fused-ring (bicyclic) bond motifs is 8. The van der Waals surface area contributed by atoms with Crippen molar-refractivity contribution in [2.45, 2.75) is 83.4 Å². The SMILES string of the molecule is COc1cc2c(cc1OCc1cc(COc3cc4c(cc3OC)C(O)N3c5ccccc5C[C@H]3C(O)N4)cc(NC(=O)[C@H](C)NC(=O)[C@@H](N)C(C)C)c1)NC[C@@H]1Cc3ccccc3N1C2=O. The van der Waals surface area contributed by atoms with E-state index in [4.69, 9.17) is 24.7 Å². The number of carbonyl (C=O) groups excluding carboxylic acids is 3. The fourth-order valence-electron chi connectivity index (χ4n) is 9.27. The lowest BCUT2D eigenvalue weighted by Gasteiger charge is -2.31. The number of rotatable bonds is 13. The minimum atomic E-state index is -1.08. The molecule has 4 aliphatic rings. The van der Waals surface area contributed by atoms with Crippen molar-refractivity contribution in [1.29, 1.82) is 0 Å². The Morgan fingerprint density at radius 3 is 2.08 bits per heavy atom. The van der Waals surface area contributed by atoms with Gasteiger partial charge in [-0.3, -0.25) is 14.4 Å². The van der Waals surface area contributed by atoms with Gasteiger partial charge in [-0.25, -0.2) is 0 Å². The molecule has 0 aromatic heterocycles. The number of hydrogen-bond donors (Lipinski definition) is 7. The highest BCUT2D eigenvalue weighted by atomic mass is 16.5. The number of hydrogen-bond acceptors (Lipinski definition) is 13. The Labute approximate surface area is 383 Å². The number of amides is 3. The van der Waals surface area contributed by atoms with Crippen LogP contribution < -0.4 is 55.7 Å². The van der Waals surface area contributed by atoms with Gasteiger partial charge in [-0.15, -0.1) is 0 Å². The topological polar surface area (TPSA) is 209 Å². The largest absolute Gasteiger partial charge is 0.493 e. The van der Waals surface area contributed by atoms with Crippen LogP contribution in [0.15, 0.2) is 91.0 Å². The van der Waals surface area contributed by atoms with Gasteiger partial charge in [0.25, 0.3) is 5.91 Å². The van der Waals surface area contributed by atoms with E-state index in [1.165, 1.54) is 14.2 Å². The smallest absolute Gasteiger partial charge is 0.260 e. The first-order valence-electron chi connectivity index (χ1n) is 22.1.